The van der Waals surface area contributed by atoms with Crippen LogP contribution in [0.3, 0.4) is 0 Å². The highest BCUT2D eigenvalue weighted by molar-refractivity contribution is 9.10. The highest BCUT2D eigenvalue weighted by Crippen LogP contribution is 2.39. The maximum absolute atomic E-state index is 6.00. The Hall–Kier alpha value is -0.700. The third-order valence-corrected chi connectivity index (χ3v) is 4.09. The van der Waals surface area contributed by atoms with Gasteiger partial charge in [0.1, 0.15) is 0 Å². The summed E-state index contributed by atoms with van der Waals surface area (Å²) in [5, 5.41) is 3.58. The van der Waals surface area contributed by atoms with E-state index in [2.05, 4.69) is 35.1 Å². The van der Waals surface area contributed by atoms with Crippen LogP contribution >= 0.6 is 15.9 Å². The maximum Gasteiger partial charge on any atom is 0.0577 e. The molecule has 0 saturated heterocycles. The van der Waals surface area contributed by atoms with Crippen molar-refractivity contribution in [1.82, 2.24) is 0 Å². The molecule has 0 aliphatic heterocycles. The predicted octanol–water partition coefficient (Wildman–Crippen LogP) is 4.02. The van der Waals surface area contributed by atoms with E-state index < -0.39 is 0 Å². The van der Waals surface area contributed by atoms with Crippen molar-refractivity contribution in [3.05, 3.63) is 22.7 Å². The Labute approximate surface area is 106 Å². The molecule has 0 heterocycles. The molecule has 1 saturated carbocycles. The first kappa shape index (κ1) is 11.8. The number of rotatable bonds is 2. The minimum Gasteiger partial charge on any atom is -0.397 e. The fraction of sp³-hybridized carbons (Fsp3) is 0.538. The van der Waals surface area contributed by atoms with Gasteiger partial charge in [0, 0.05) is 10.5 Å². The molecular formula is C13H19BrN2. The summed E-state index contributed by atoms with van der Waals surface area (Å²) in [7, 11) is 0. The molecule has 1 aromatic rings. The molecule has 0 amide bonds. The van der Waals surface area contributed by atoms with Gasteiger partial charge in [-0.25, -0.2) is 0 Å². The molecule has 88 valence electrons. The molecule has 3 heteroatoms. The lowest BCUT2D eigenvalue weighted by molar-refractivity contribution is 0.350. The zero-order valence-corrected chi connectivity index (χ0v) is 11.5. The number of halogens is 1. The standard InChI is InChI=1S/C13H19BrN2/c1-13(2)7-3-4-12(13)16-11-6-5-9(14)8-10(11)15/h5-6,8,12,16H,3-4,7,15H2,1-2H3. The van der Waals surface area contributed by atoms with E-state index in [9.17, 15) is 0 Å². The van der Waals surface area contributed by atoms with E-state index in [1.165, 1.54) is 19.3 Å². The lowest BCUT2D eigenvalue weighted by atomic mass is 9.87. The van der Waals surface area contributed by atoms with Gasteiger partial charge in [0.05, 0.1) is 11.4 Å². The Morgan fingerprint density at radius 3 is 2.75 bits per heavy atom. The second-order valence-corrected chi connectivity index (χ2v) is 6.22. The summed E-state index contributed by atoms with van der Waals surface area (Å²) >= 11 is 3.42. The molecule has 0 spiro atoms. The largest absolute Gasteiger partial charge is 0.397 e. The summed E-state index contributed by atoms with van der Waals surface area (Å²) < 4.78 is 1.03. The van der Waals surface area contributed by atoms with Crippen molar-refractivity contribution in [2.45, 2.75) is 39.2 Å². The SMILES string of the molecule is CC1(C)CCCC1Nc1ccc(Br)cc1N. The number of nitrogens with one attached hydrogen (secondary N) is 1. The Morgan fingerprint density at radius 2 is 2.19 bits per heavy atom. The number of nitrogen functional groups attached to an aromatic ring is 1. The molecule has 2 rings (SSSR count). The third kappa shape index (κ3) is 2.34. The molecule has 1 aliphatic carbocycles. The number of hydrogen-bond acceptors (Lipinski definition) is 2. The average Bonchev–Trinajstić information content (AvgIpc) is 2.50. The molecular weight excluding hydrogens is 264 g/mol. The van der Waals surface area contributed by atoms with Crippen molar-refractivity contribution >= 4 is 27.3 Å². The van der Waals surface area contributed by atoms with Crippen LogP contribution in [0.2, 0.25) is 0 Å². The zero-order valence-electron chi connectivity index (χ0n) is 9.89. The van der Waals surface area contributed by atoms with Gasteiger partial charge in [0.25, 0.3) is 0 Å². The second kappa shape index (κ2) is 4.28. The van der Waals surface area contributed by atoms with Gasteiger partial charge >= 0.3 is 0 Å². The van der Waals surface area contributed by atoms with Crippen molar-refractivity contribution < 1.29 is 0 Å². The van der Waals surface area contributed by atoms with Crippen molar-refractivity contribution in [3.8, 4) is 0 Å². The van der Waals surface area contributed by atoms with Crippen LogP contribution in [0.4, 0.5) is 11.4 Å². The Morgan fingerprint density at radius 1 is 1.44 bits per heavy atom. The molecule has 16 heavy (non-hydrogen) atoms. The van der Waals surface area contributed by atoms with Gasteiger partial charge in [0.15, 0.2) is 0 Å². The highest BCUT2D eigenvalue weighted by atomic mass is 79.9. The molecule has 0 aromatic heterocycles. The normalized spacial score (nSPS) is 23.3. The molecule has 3 N–H and O–H groups in total. The lowest BCUT2D eigenvalue weighted by Gasteiger charge is -2.29. The molecule has 0 bridgehead atoms. The lowest BCUT2D eigenvalue weighted by Crippen LogP contribution is -2.31. The van der Waals surface area contributed by atoms with E-state index in [-0.39, 0.29) is 0 Å². The van der Waals surface area contributed by atoms with Crippen molar-refractivity contribution in [3.63, 3.8) is 0 Å². The Bertz CT molecular complexity index is 388. The Balaban J connectivity index is 2.15. The average molecular weight is 283 g/mol. The monoisotopic (exact) mass is 282 g/mol. The van der Waals surface area contributed by atoms with E-state index in [0.29, 0.717) is 11.5 Å². The van der Waals surface area contributed by atoms with Gasteiger partial charge in [-0.2, -0.15) is 0 Å². The molecule has 1 aliphatic rings. The maximum atomic E-state index is 6.00. The minimum absolute atomic E-state index is 0.375. The predicted molar refractivity (Wildman–Crippen MR) is 73.6 cm³/mol. The van der Waals surface area contributed by atoms with Crippen molar-refractivity contribution in [2.75, 3.05) is 11.1 Å². The van der Waals surface area contributed by atoms with Gasteiger partial charge < -0.3 is 11.1 Å². The number of anilines is 2. The summed E-state index contributed by atoms with van der Waals surface area (Å²) in [6.45, 7) is 4.65. The fourth-order valence-electron chi connectivity index (χ4n) is 2.45. The minimum atomic E-state index is 0.375. The van der Waals surface area contributed by atoms with Crippen molar-refractivity contribution in [1.29, 1.82) is 0 Å². The first-order valence-corrected chi connectivity index (χ1v) is 6.60. The summed E-state index contributed by atoms with van der Waals surface area (Å²) in [6, 6.07) is 6.56. The fourth-order valence-corrected chi connectivity index (χ4v) is 2.83. The van der Waals surface area contributed by atoms with E-state index in [4.69, 9.17) is 5.73 Å². The van der Waals surface area contributed by atoms with Crippen LogP contribution in [0.5, 0.6) is 0 Å². The van der Waals surface area contributed by atoms with E-state index in [1.807, 2.05) is 18.2 Å². The van der Waals surface area contributed by atoms with Crippen LogP contribution in [0, 0.1) is 5.41 Å². The van der Waals surface area contributed by atoms with Gasteiger partial charge in [-0.1, -0.05) is 36.2 Å². The van der Waals surface area contributed by atoms with Crippen LogP contribution in [-0.2, 0) is 0 Å². The van der Waals surface area contributed by atoms with Crippen LogP contribution < -0.4 is 11.1 Å². The Kier molecular flexibility index (Phi) is 3.15. The number of nitrogens with two attached hydrogens (primary N) is 1. The smallest absolute Gasteiger partial charge is 0.0577 e. The first-order chi connectivity index (χ1) is 7.49. The van der Waals surface area contributed by atoms with Gasteiger partial charge in [-0.05, 0) is 36.5 Å². The molecule has 1 aromatic carbocycles. The van der Waals surface area contributed by atoms with E-state index in [0.717, 1.165) is 15.8 Å². The first-order valence-electron chi connectivity index (χ1n) is 5.80. The summed E-state index contributed by atoms with van der Waals surface area (Å²) in [6.07, 6.45) is 3.84. The summed E-state index contributed by atoms with van der Waals surface area (Å²) in [5.41, 5.74) is 8.25. The molecule has 1 atom stereocenters. The van der Waals surface area contributed by atoms with E-state index >= 15 is 0 Å². The number of benzene rings is 1. The summed E-state index contributed by atoms with van der Waals surface area (Å²) in [4.78, 5) is 0. The molecule has 0 radical (unpaired) electrons. The van der Waals surface area contributed by atoms with Gasteiger partial charge in [-0.3, -0.25) is 0 Å². The highest BCUT2D eigenvalue weighted by Gasteiger charge is 2.34. The summed E-state index contributed by atoms with van der Waals surface area (Å²) in [5.74, 6) is 0. The second-order valence-electron chi connectivity index (χ2n) is 5.31. The molecule has 1 unspecified atom stereocenters. The van der Waals surface area contributed by atoms with Gasteiger partial charge in [0.2, 0.25) is 0 Å². The van der Waals surface area contributed by atoms with Crippen LogP contribution in [0.25, 0.3) is 0 Å². The van der Waals surface area contributed by atoms with Crippen LogP contribution in [0.1, 0.15) is 33.1 Å². The molecule has 1 fully saturated rings. The quantitative estimate of drug-likeness (QED) is 0.804. The van der Waals surface area contributed by atoms with E-state index in [1.54, 1.807) is 0 Å². The van der Waals surface area contributed by atoms with Crippen molar-refractivity contribution in [2.24, 2.45) is 5.41 Å². The zero-order chi connectivity index (χ0) is 11.8. The molecule has 2 nitrogen and oxygen atoms in total. The number of hydrogen-bond donors (Lipinski definition) is 2. The topological polar surface area (TPSA) is 38.0 Å². The van der Waals surface area contributed by atoms with Crippen LogP contribution in [0.15, 0.2) is 22.7 Å². The van der Waals surface area contributed by atoms with Crippen LogP contribution in [-0.4, -0.2) is 6.04 Å². The third-order valence-electron chi connectivity index (χ3n) is 3.60. The van der Waals surface area contributed by atoms with Gasteiger partial charge in [-0.15, -0.1) is 0 Å².